The van der Waals surface area contributed by atoms with Gasteiger partial charge in [0.05, 0.1) is 6.54 Å². The van der Waals surface area contributed by atoms with Crippen molar-refractivity contribution in [1.82, 2.24) is 4.90 Å². The standard InChI is InChI=1S/C15H25N3O/c1-12(2)13-7-4-5-8-14(13)17-15(19)11-18(3)10-6-9-16/h4-5,7-8,12H,6,9-11,16H2,1-3H3,(H,17,19). The summed E-state index contributed by atoms with van der Waals surface area (Å²) in [6.07, 6.45) is 0.909. The molecule has 1 amide bonds. The predicted molar refractivity (Wildman–Crippen MR) is 80.3 cm³/mol. The van der Waals surface area contributed by atoms with Gasteiger partial charge in [0, 0.05) is 5.69 Å². The number of nitrogens with zero attached hydrogens (tertiary/aromatic N) is 1. The summed E-state index contributed by atoms with van der Waals surface area (Å²) in [5.74, 6) is 0.416. The van der Waals surface area contributed by atoms with Crippen LogP contribution in [0, 0.1) is 0 Å². The molecule has 0 saturated heterocycles. The van der Waals surface area contributed by atoms with Crippen LogP contribution in [0.3, 0.4) is 0 Å². The van der Waals surface area contributed by atoms with Crippen LogP contribution < -0.4 is 11.1 Å². The van der Waals surface area contributed by atoms with Gasteiger partial charge < -0.3 is 11.1 Å². The molecule has 0 aliphatic carbocycles. The van der Waals surface area contributed by atoms with Crippen LogP contribution in [-0.2, 0) is 4.79 Å². The first kappa shape index (κ1) is 15.7. The van der Waals surface area contributed by atoms with E-state index >= 15 is 0 Å². The molecular formula is C15H25N3O. The number of para-hydroxylation sites is 1. The molecule has 0 saturated carbocycles. The van der Waals surface area contributed by atoms with Crippen molar-refractivity contribution in [2.45, 2.75) is 26.2 Å². The van der Waals surface area contributed by atoms with Gasteiger partial charge in [-0.2, -0.15) is 0 Å². The molecule has 4 nitrogen and oxygen atoms in total. The van der Waals surface area contributed by atoms with Crippen molar-refractivity contribution in [3.63, 3.8) is 0 Å². The second kappa shape index (κ2) is 7.92. The molecule has 0 unspecified atom stereocenters. The van der Waals surface area contributed by atoms with Gasteiger partial charge in [0.15, 0.2) is 0 Å². The van der Waals surface area contributed by atoms with E-state index in [0.29, 0.717) is 19.0 Å². The molecule has 1 rings (SSSR count). The summed E-state index contributed by atoms with van der Waals surface area (Å²) in [5.41, 5.74) is 7.54. The zero-order valence-electron chi connectivity index (χ0n) is 12.1. The Hall–Kier alpha value is -1.39. The zero-order chi connectivity index (χ0) is 14.3. The number of anilines is 1. The van der Waals surface area contributed by atoms with Crippen LogP contribution in [0.4, 0.5) is 5.69 Å². The van der Waals surface area contributed by atoms with Crippen LogP contribution in [0.25, 0.3) is 0 Å². The minimum absolute atomic E-state index is 0.0209. The zero-order valence-corrected chi connectivity index (χ0v) is 12.1. The van der Waals surface area contributed by atoms with Gasteiger partial charge in [-0.25, -0.2) is 0 Å². The van der Waals surface area contributed by atoms with Gasteiger partial charge in [-0.3, -0.25) is 9.69 Å². The largest absolute Gasteiger partial charge is 0.330 e. The smallest absolute Gasteiger partial charge is 0.238 e. The van der Waals surface area contributed by atoms with Gasteiger partial charge in [0.2, 0.25) is 5.91 Å². The lowest BCUT2D eigenvalue weighted by Gasteiger charge is -2.17. The second-order valence-electron chi connectivity index (χ2n) is 5.17. The molecule has 0 aliphatic rings. The Kier molecular flexibility index (Phi) is 6.53. The van der Waals surface area contributed by atoms with Crippen molar-refractivity contribution in [3.05, 3.63) is 29.8 Å². The summed E-state index contributed by atoms with van der Waals surface area (Å²) in [6, 6.07) is 7.95. The van der Waals surface area contributed by atoms with Crippen molar-refractivity contribution >= 4 is 11.6 Å². The first-order chi connectivity index (χ1) is 9.04. The Bertz CT molecular complexity index is 404. The Morgan fingerprint density at radius 1 is 1.37 bits per heavy atom. The molecule has 3 N–H and O–H groups in total. The lowest BCUT2D eigenvalue weighted by atomic mass is 10.0. The predicted octanol–water partition coefficient (Wildman–Crippen LogP) is 2.03. The molecule has 106 valence electrons. The van der Waals surface area contributed by atoms with Crippen molar-refractivity contribution in [2.75, 3.05) is 32.0 Å². The summed E-state index contributed by atoms with van der Waals surface area (Å²) in [7, 11) is 1.93. The molecule has 0 spiro atoms. The van der Waals surface area contributed by atoms with Crippen LogP contribution in [0.1, 0.15) is 31.7 Å². The highest BCUT2D eigenvalue weighted by molar-refractivity contribution is 5.93. The Morgan fingerprint density at radius 3 is 2.68 bits per heavy atom. The number of nitrogens with one attached hydrogen (secondary N) is 1. The fraction of sp³-hybridized carbons (Fsp3) is 0.533. The summed E-state index contributed by atoms with van der Waals surface area (Å²) >= 11 is 0. The van der Waals surface area contributed by atoms with Gasteiger partial charge in [0.1, 0.15) is 0 Å². The van der Waals surface area contributed by atoms with Crippen molar-refractivity contribution in [3.8, 4) is 0 Å². The molecule has 19 heavy (non-hydrogen) atoms. The molecule has 0 bridgehead atoms. The van der Waals surface area contributed by atoms with E-state index < -0.39 is 0 Å². The van der Waals surface area contributed by atoms with E-state index in [4.69, 9.17) is 5.73 Å². The SMILES string of the molecule is CC(C)c1ccccc1NC(=O)CN(C)CCCN. The highest BCUT2D eigenvalue weighted by Crippen LogP contribution is 2.23. The molecule has 0 aliphatic heterocycles. The molecule has 0 fully saturated rings. The third-order valence-electron chi connectivity index (χ3n) is 3.01. The van der Waals surface area contributed by atoms with Gasteiger partial charge in [-0.15, -0.1) is 0 Å². The monoisotopic (exact) mass is 263 g/mol. The second-order valence-corrected chi connectivity index (χ2v) is 5.17. The normalized spacial score (nSPS) is 11.1. The number of amides is 1. The fourth-order valence-electron chi connectivity index (χ4n) is 1.99. The van der Waals surface area contributed by atoms with E-state index in [2.05, 4.69) is 25.2 Å². The Morgan fingerprint density at radius 2 is 2.05 bits per heavy atom. The Labute approximate surface area is 116 Å². The summed E-state index contributed by atoms with van der Waals surface area (Å²) in [4.78, 5) is 14.0. The van der Waals surface area contributed by atoms with E-state index in [1.54, 1.807) is 0 Å². The van der Waals surface area contributed by atoms with Gasteiger partial charge in [-0.05, 0) is 44.1 Å². The lowest BCUT2D eigenvalue weighted by molar-refractivity contribution is -0.117. The first-order valence-corrected chi connectivity index (χ1v) is 6.82. The number of hydrogen-bond donors (Lipinski definition) is 2. The lowest BCUT2D eigenvalue weighted by Crippen LogP contribution is -2.31. The third kappa shape index (κ3) is 5.41. The Balaban J connectivity index is 2.57. The minimum atomic E-state index is 0.0209. The van der Waals surface area contributed by atoms with E-state index in [-0.39, 0.29) is 5.91 Å². The molecule has 1 aromatic rings. The molecule has 4 heteroatoms. The number of likely N-dealkylation sites (N-methyl/N-ethyl adjacent to an activating group) is 1. The summed E-state index contributed by atoms with van der Waals surface area (Å²) < 4.78 is 0. The molecule has 0 heterocycles. The quantitative estimate of drug-likeness (QED) is 0.791. The average Bonchev–Trinajstić information content (AvgIpc) is 2.36. The molecule has 0 radical (unpaired) electrons. The number of nitrogens with two attached hydrogens (primary N) is 1. The number of rotatable bonds is 7. The third-order valence-corrected chi connectivity index (χ3v) is 3.01. The van der Waals surface area contributed by atoms with Crippen LogP contribution >= 0.6 is 0 Å². The van der Waals surface area contributed by atoms with Crippen LogP contribution in [-0.4, -0.2) is 37.5 Å². The molecule has 0 aromatic heterocycles. The van der Waals surface area contributed by atoms with Crippen LogP contribution in [0.5, 0.6) is 0 Å². The maximum absolute atomic E-state index is 12.0. The van der Waals surface area contributed by atoms with Gasteiger partial charge in [-0.1, -0.05) is 32.0 Å². The summed E-state index contributed by atoms with van der Waals surface area (Å²) in [6.45, 7) is 6.14. The molecular weight excluding hydrogens is 238 g/mol. The maximum Gasteiger partial charge on any atom is 0.238 e. The van der Waals surface area contributed by atoms with Crippen molar-refractivity contribution in [2.24, 2.45) is 5.73 Å². The van der Waals surface area contributed by atoms with Crippen LogP contribution in [0.2, 0.25) is 0 Å². The van der Waals surface area contributed by atoms with Gasteiger partial charge >= 0.3 is 0 Å². The van der Waals surface area contributed by atoms with E-state index in [1.165, 1.54) is 5.56 Å². The maximum atomic E-state index is 12.0. The fourth-order valence-corrected chi connectivity index (χ4v) is 1.99. The molecule has 1 aromatic carbocycles. The van der Waals surface area contributed by atoms with E-state index in [9.17, 15) is 4.79 Å². The first-order valence-electron chi connectivity index (χ1n) is 6.82. The van der Waals surface area contributed by atoms with Crippen LogP contribution in [0.15, 0.2) is 24.3 Å². The van der Waals surface area contributed by atoms with E-state index in [1.807, 2.05) is 30.1 Å². The highest BCUT2D eigenvalue weighted by atomic mass is 16.2. The number of hydrogen-bond acceptors (Lipinski definition) is 3. The highest BCUT2D eigenvalue weighted by Gasteiger charge is 2.10. The molecule has 0 atom stereocenters. The minimum Gasteiger partial charge on any atom is -0.330 e. The number of benzene rings is 1. The van der Waals surface area contributed by atoms with Crippen molar-refractivity contribution in [1.29, 1.82) is 0 Å². The number of carbonyl (C=O) groups is 1. The summed E-state index contributed by atoms with van der Waals surface area (Å²) in [5, 5.41) is 2.99. The topological polar surface area (TPSA) is 58.4 Å². The van der Waals surface area contributed by atoms with E-state index in [0.717, 1.165) is 18.7 Å². The van der Waals surface area contributed by atoms with Crippen molar-refractivity contribution < 1.29 is 4.79 Å². The number of carbonyl (C=O) groups excluding carboxylic acids is 1. The van der Waals surface area contributed by atoms with Gasteiger partial charge in [0.25, 0.3) is 0 Å². The average molecular weight is 263 g/mol.